The van der Waals surface area contributed by atoms with Gasteiger partial charge in [0.1, 0.15) is 0 Å². The smallest absolute Gasteiger partial charge is 0.160 e. The molecule has 9 rings (SSSR count). The molecule has 0 fully saturated rings. The topological polar surface area (TPSA) is 38.7 Å². The maximum absolute atomic E-state index is 5.28. The zero-order valence-electron chi connectivity index (χ0n) is 24.2. The van der Waals surface area contributed by atoms with Crippen LogP contribution in [-0.2, 0) is 0 Å². The second-order valence-corrected chi connectivity index (χ2v) is 12.3. The van der Waals surface area contributed by atoms with Crippen LogP contribution in [0.1, 0.15) is 0 Å². The van der Waals surface area contributed by atoms with Gasteiger partial charge >= 0.3 is 0 Å². The van der Waals surface area contributed by atoms with Crippen LogP contribution in [0.4, 0.5) is 0 Å². The summed E-state index contributed by atoms with van der Waals surface area (Å²) in [6.07, 6.45) is 1.86. The monoisotopic (exact) mass is 591 g/mol. The van der Waals surface area contributed by atoms with Gasteiger partial charge in [0.05, 0.1) is 21.4 Å². The van der Waals surface area contributed by atoms with Crippen LogP contribution in [0.5, 0.6) is 0 Å². The summed E-state index contributed by atoms with van der Waals surface area (Å²) in [5.74, 6) is 0.724. The van der Waals surface area contributed by atoms with Crippen LogP contribution < -0.4 is 0 Å². The quantitative estimate of drug-likeness (QED) is 0.191. The van der Waals surface area contributed by atoms with E-state index in [2.05, 4.69) is 133 Å². The third-order valence-corrected chi connectivity index (χ3v) is 9.69. The number of pyridine rings is 1. The lowest BCUT2D eigenvalue weighted by Gasteiger charge is -2.12. The van der Waals surface area contributed by atoms with Gasteiger partial charge in [-0.3, -0.25) is 4.98 Å². The Kier molecular flexibility index (Phi) is 6.00. The predicted molar refractivity (Wildman–Crippen MR) is 189 cm³/mol. The number of hydrogen-bond donors (Lipinski definition) is 0. The zero-order valence-corrected chi connectivity index (χ0v) is 25.0. The van der Waals surface area contributed by atoms with Crippen molar-refractivity contribution in [1.29, 1.82) is 0 Å². The van der Waals surface area contributed by atoms with E-state index in [1.54, 1.807) is 11.3 Å². The van der Waals surface area contributed by atoms with Crippen LogP contribution in [0, 0.1) is 0 Å². The second kappa shape index (κ2) is 10.5. The molecule has 0 atom stereocenters. The highest BCUT2D eigenvalue weighted by Crippen LogP contribution is 2.41. The van der Waals surface area contributed by atoms with Crippen LogP contribution in [0.2, 0.25) is 0 Å². The van der Waals surface area contributed by atoms with Crippen molar-refractivity contribution in [2.24, 2.45) is 0 Å². The van der Waals surface area contributed by atoms with Crippen molar-refractivity contribution in [2.45, 2.75) is 0 Å². The van der Waals surface area contributed by atoms with E-state index in [0.29, 0.717) is 0 Å². The van der Waals surface area contributed by atoms with Crippen LogP contribution in [-0.4, -0.2) is 15.0 Å². The minimum atomic E-state index is 0.724. The van der Waals surface area contributed by atoms with Gasteiger partial charge in [0.25, 0.3) is 0 Å². The lowest BCUT2D eigenvalue weighted by Crippen LogP contribution is -1.94. The standard InChI is InChI=1S/C41H25N3S/c1-2-10-26(11-3-1)27-19-21-28(22-20-27)38-40-39(34-17-6-7-18-36(34)45-40)44-41(43-38)31-13-8-12-29(24-31)35-25-30-14-9-23-42-37(30)33-16-5-4-15-32(33)35/h1-25H. The first kappa shape index (κ1) is 25.8. The number of hydrogen-bond acceptors (Lipinski definition) is 4. The molecule has 0 N–H and O–H groups in total. The Labute approximate surface area is 264 Å². The maximum Gasteiger partial charge on any atom is 0.160 e. The predicted octanol–water partition coefficient (Wildman–Crippen LogP) is 11.2. The van der Waals surface area contributed by atoms with Crippen LogP contribution in [0.3, 0.4) is 0 Å². The SMILES string of the molecule is c1ccc(-c2ccc(-c3nc(-c4cccc(-c5cc6cccnc6c6ccccc56)c4)nc4c3sc3ccccc34)cc2)cc1. The summed E-state index contributed by atoms with van der Waals surface area (Å²) in [5.41, 5.74) is 9.74. The molecule has 0 amide bonds. The molecule has 0 aliphatic carbocycles. The van der Waals surface area contributed by atoms with Gasteiger partial charge in [-0.05, 0) is 51.9 Å². The first-order chi connectivity index (χ1) is 22.3. The van der Waals surface area contributed by atoms with E-state index >= 15 is 0 Å². The summed E-state index contributed by atoms with van der Waals surface area (Å²) >= 11 is 1.76. The summed E-state index contributed by atoms with van der Waals surface area (Å²) < 4.78 is 2.32. The van der Waals surface area contributed by atoms with Crippen molar-refractivity contribution in [3.05, 3.63) is 152 Å². The Bertz CT molecular complexity index is 2530. The highest BCUT2D eigenvalue weighted by Gasteiger charge is 2.17. The van der Waals surface area contributed by atoms with Gasteiger partial charge in [0, 0.05) is 38.2 Å². The Morgan fingerprint density at radius 2 is 1.13 bits per heavy atom. The molecule has 0 aliphatic rings. The van der Waals surface area contributed by atoms with Crippen LogP contribution >= 0.6 is 11.3 Å². The summed E-state index contributed by atoms with van der Waals surface area (Å²) in [6, 6.07) is 51.3. The third-order valence-electron chi connectivity index (χ3n) is 8.53. The molecule has 3 aromatic heterocycles. The minimum absolute atomic E-state index is 0.724. The molecule has 0 unspecified atom stereocenters. The third kappa shape index (κ3) is 4.38. The fourth-order valence-corrected chi connectivity index (χ4v) is 7.50. The van der Waals surface area contributed by atoms with Gasteiger partial charge in [-0.1, -0.05) is 121 Å². The molecule has 4 heteroatoms. The average Bonchev–Trinajstić information content (AvgIpc) is 3.50. The highest BCUT2D eigenvalue weighted by molar-refractivity contribution is 7.26. The first-order valence-electron chi connectivity index (χ1n) is 15.0. The number of fused-ring (bicyclic) bond motifs is 6. The van der Waals surface area contributed by atoms with Gasteiger partial charge in [0.15, 0.2) is 5.82 Å². The van der Waals surface area contributed by atoms with Crippen LogP contribution in [0.15, 0.2) is 152 Å². The highest BCUT2D eigenvalue weighted by atomic mass is 32.1. The fourth-order valence-electron chi connectivity index (χ4n) is 6.35. The number of aromatic nitrogens is 3. The van der Waals surface area contributed by atoms with Crippen molar-refractivity contribution in [1.82, 2.24) is 15.0 Å². The molecule has 0 spiro atoms. The summed E-state index contributed by atoms with van der Waals surface area (Å²) in [7, 11) is 0. The van der Waals surface area contributed by atoms with Crippen molar-refractivity contribution in [3.63, 3.8) is 0 Å². The molecule has 0 radical (unpaired) electrons. The molecule has 9 aromatic rings. The van der Waals surface area contributed by atoms with Gasteiger partial charge in [-0.2, -0.15) is 0 Å². The molecule has 3 nitrogen and oxygen atoms in total. The minimum Gasteiger partial charge on any atom is -0.256 e. The largest absolute Gasteiger partial charge is 0.256 e. The van der Waals surface area contributed by atoms with Gasteiger partial charge in [-0.25, -0.2) is 9.97 Å². The summed E-state index contributed by atoms with van der Waals surface area (Å²) in [5, 5.41) is 4.62. The van der Waals surface area contributed by atoms with Crippen molar-refractivity contribution >= 4 is 53.3 Å². The molecule has 6 aromatic carbocycles. The van der Waals surface area contributed by atoms with Crippen molar-refractivity contribution in [3.8, 4) is 44.9 Å². The van der Waals surface area contributed by atoms with Gasteiger partial charge in [-0.15, -0.1) is 11.3 Å². The van der Waals surface area contributed by atoms with E-state index in [0.717, 1.165) is 60.1 Å². The van der Waals surface area contributed by atoms with E-state index in [4.69, 9.17) is 15.0 Å². The van der Waals surface area contributed by atoms with Gasteiger partial charge < -0.3 is 0 Å². The molecular weight excluding hydrogens is 567 g/mol. The van der Waals surface area contributed by atoms with E-state index in [-0.39, 0.29) is 0 Å². The molecule has 0 saturated carbocycles. The Morgan fingerprint density at radius 1 is 0.444 bits per heavy atom. The number of benzene rings is 6. The Balaban J connectivity index is 1.23. The van der Waals surface area contributed by atoms with Crippen LogP contribution in [0.25, 0.3) is 86.9 Å². The number of thiophene rings is 1. The van der Waals surface area contributed by atoms with Crippen molar-refractivity contribution in [2.75, 3.05) is 0 Å². The number of nitrogens with zero attached hydrogens (tertiary/aromatic N) is 3. The van der Waals surface area contributed by atoms with E-state index in [9.17, 15) is 0 Å². The lowest BCUT2D eigenvalue weighted by molar-refractivity contribution is 1.24. The fraction of sp³-hybridized carbons (Fsp3) is 0. The van der Waals surface area contributed by atoms with E-state index in [1.165, 1.54) is 26.8 Å². The molecule has 45 heavy (non-hydrogen) atoms. The lowest BCUT2D eigenvalue weighted by atomic mass is 9.94. The molecule has 0 aliphatic heterocycles. The van der Waals surface area contributed by atoms with Crippen molar-refractivity contribution < 1.29 is 0 Å². The molecule has 210 valence electrons. The molecule has 3 heterocycles. The Hall–Kier alpha value is -5.71. The molecule has 0 saturated heterocycles. The molecular formula is C41H25N3S. The van der Waals surface area contributed by atoms with E-state index < -0.39 is 0 Å². The van der Waals surface area contributed by atoms with Gasteiger partial charge in [0.2, 0.25) is 0 Å². The van der Waals surface area contributed by atoms with E-state index in [1.807, 2.05) is 18.3 Å². The second-order valence-electron chi connectivity index (χ2n) is 11.2. The zero-order chi connectivity index (χ0) is 29.7. The number of rotatable bonds is 4. The Morgan fingerprint density at radius 3 is 2.00 bits per heavy atom. The first-order valence-corrected chi connectivity index (χ1v) is 15.8. The maximum atomic E-state index is 5.28. The summed E-state index contributed by atoms with van der Waals surface area (Å²) in [4.78, 5) is 15.2. The average molecular weight is 592 g/mol. The molecule has 0 bridgehead atoms. The normalized spacial score (nSPS) is 11.6. The summed E-state index contributed by atoms with van der Waals surface area (Å²) in [6.45, 7) is 0.